The standard InChI is InChI=1S/C23H24N6O3/c1-30-17-10-16(11-18(31-2)20(17)32-3)26-21-19-22(25-13-24-21)28-23(27-19)29-9-8-14-6-4-5-7-15(14)12-29/h4-7,10-11,13H,8-9,12H2,1-3H3,(H2,24,25,26,27,28). The Morgan fingerprint density at radius 3 is 2.44 bits per heavy atom. The van der Waals surface area contributed by atoms with E-state index in [9.17, 15) is 0 Å². The molecule has 5 rings (SSSR count). The second kappa shape index (κ2) is 8.26. The number of hydrogen-bond acceptors (Lipinski definition) is 8. The molecule has 3 heterocycles. The first kappa shape index (κ1) is 19.9. The zero-order chi connectivity index (χ0) is 22.1. The number of nitrogens with one attached hydrogen (secondary N) is 2. The molecule has 2 aromatic heterocycles. The van der Waals surface area contributed by atoms with Gasteiger partial charge in [0.1, 0.15) is 11.8 Å². The fourth-order valence-corrected chi connectivity index (χ4v) is 4.03. The number of fused-ring (bicyclic) bond motifs is 2. The van der Waals surface area contributed by atoms with Crippen LogP contribution in [0.2, 0.25) is 0 Å². The summed E-state index contributed by atoms with van der Waals surface area (Å²) in [4.78, 5) is 19.1. The van der Waals surface area contributed by atoms with E-state index in [2.05, 4.69) is 49.4 Å². The maximum Gasteiger partial charge on any atom is 0.205 e. The third-order valence-corrected chi connectivity index (χ3v) is 5.63. The van der Waals surface area contributed by atoms with Gasteiger partial charge < -0.3 is 29.4 Å². The van der Waals surface area contributed by atoms with Crippen LogP contribution in [-0.4, -0.2) is 47.8 Å². The molecule has 0 saturated carbocycles. The molecule has 9 nitrogen and oxygen atoms in total. The maximum absolute atomic E-state index is 5.45. The van der Waals surface area contributed by atoms with Gasteiger partial charge in [0.2, 0.25) is 11.7 Å². The minimum atomic E-state index is 0.530. The first-order chi connectivity index (χ1) is 15.7. The van der Waals surface area contributed by atoms with Gasteiger partial charge in [-0.1, -0.05) is 24.3 Å². The number of aromatic nitrogens is 4. The Morgan fingerprint density at radius 2 is 1.72 bits per heavy atom. The number of aromatic amines is 1. The summed E-state index contributed by atoms with van der Waals surface area (Å²) < 4.78 is 16.3. The number of anilines is 3. The van der Waals surface area contributed by atoms with Crippen molar-refractivity contribution < 1.29 is 14.2 Å². The molecule has 0 unspecified atom stereocenters. The van der Waals surface area contributed by atoms with Crippen LogP contribution in [0.25, 0.3) is 11.2 Å². The molecule has 0 spiro atoms. The molecule has 0 bridgehead atoms. The molecule has 9 heteroatoms. The van der Waals surface area contributed by atoms with Crippen molar-refractivity contribution in [3.8, 4) is 17.2 Å². The van der Waals surface area contributed by atoms with Crippen molar-refractivity contribution in [3.63, 3.8) is 0 Å². The van der Waals surface area contributed by atoms with Crippen LogP contribution in [0.1, 0.15) is 11.1 Å². The summed E-state index contributed by atoms with van der Waals surface area (Å²) in [6, 6.07) is 12.2. The number of ether oxygens (including phenoxy) is 3. The average Bonchev–Trinajstić information content (AvgIpc) is 3.28. The summed E-state index contributed by atoms with van der Waals surface area (Å²) in [6.07, 6.45) is 2.48. The Kier molecular flexibility index (Phi) is 5.14. The molecule has 1 aliphatic rings. The topological polar surface area (TPSA) is 97.4 Å². The maximum atomic E-state index is 5.45. The van der Waals surface area contributed by atoms with Crippen LogP contribution in [0.3, 0.4) is 0 Å². The van der Waals surface area contributed by atoms with Gasteiger partial charge >= 0.3 is 0 Å². The molecule has 2 N–H and O–H groups in total. The van der Waals surface area contributed by atoms with Crippen molar-refractivity contribution in [3.05, 3.63) is 53.9 Å². The van der Waals surface area contributed by atoms with Gasteiger partial charge in [-0.05, 0) is 17.5 Å². The summed E-state index contributed by atoms with van der Waals surface area (Å²) >= 11 is 0. The largest absolute Gasteiger partial charge is 0.493 e. The molecular weight excluding hydrogens is 408 g/mol. The summed E-state index contributed by atoms with van der Waals surface area (Å²) in [5, 5.41) is 3.32. The smallest absolute Gasteiger partial charge is 0.205 e. The Bertz CT molecular complexity index is 1250. The van der Waals surface area contributed by atoms with E-state index in [1.165, 1.54) is 17.5 Å². The van der Waals surface area contributed by atoms with Crippen molar-refractivity contribution in [1.29, 1.82) is 0 Å². The van der Waals surface area contributed by atoms with Crippen LogP contribution in [-0.2, 0) is 13.0 Å². The van der Waals surface area contributed by atoms with E-state index in [1.54, 1.807) is 21.3 Å². The molecule has 0 saturated heterocycles. The Balaban J connectivity index is 1.47. The van der Waals surface area contributed by atoms with E-state index < -0.39 is 0 Å². The van der Waals surface area contributed by atoms with E-state index in [0.717, 1.165) is 36.7 Å². The van der Waals surface area contributed by atoms with Crippen molar-refractivity contribution >= 4 is 28.6 Å². The van der Waals surface area contributed by atoms with Gasteiger partial charge in [0.05, 0.1) is 21.3 Å². The van der Waals surface area contributed by atoms with Crippen LogP contribution in [0.15, 0.2) is 42.7 Å². The predicted molar refractivity (Wildman–Crippen MR) is 122 cm³/mol. The number of methoxy groups -OCH3 is 3. The van der Waals surface area contributed by atoms with Gasteiger partial charge in [-0.15, -0.1) is 0 Å². The summed E-state index contributed by atoms with van der Waals surface area (Å²) in [5.41, 5.74) is 4.78. The second-order valence-electron chi connectivity index (χ2n) is 7.46. The predicted octanol–water partition coefficient (Wildman–Crippen LogP) is 3.69. The third kappa shape index (κ3) is 3.51. The Morgan fingerprint density at radius 1 is 0.969 bits per heavy atom. The van der Waals surface area contributed by atoms with E-state index in [0.29, 0.717) is 28.7 Å². The molecule has 1 aliphatic heterocycles. The molecular formula is C23H24N6O3. The first-order valence-corrected chi connectivity index (χ1v) is 10.3. The second-order valence-corrected chi connectivity index (χ2v) is 7.46. The van der Waals surface area contributed by atoms with Crippen LogP contribution in [0.5, 0.6) is 17.2 Å². The van der Waals surface area contributed by atoms with E-state index in [-0.39, 0.29) is 0 Å². The van der Waals surface area contributed by atoms with Crippen molar-refractivity contribution in [2.45, 2.75) is 13.0 Å². The van der Waals surface area contributed by atoms with E-state index >= 15 is 0 Å². The Hall–Kier alpha value is -4.01. The lowest BCUT2D eigenvalue weighted by Gasteiger charge is -2.28. The Labute approximate surface area is 185 Å². The fraction of sp³-hybridized carbons (Fsp3) is 0.261. The highest BCUT2D eigenvalue weighted by atomic mass is 16.5. The van der Waals surface area contributed by atoms with Gasteiger partial charge in [0, 0.05) is 30.9 Å². The van der Waals surface area contributed by atoms with Crippen molar-refractivity contribution in [1.82, 2.24) is 19.9 Å². The van der Waals surface area contributed by atoms with E-state index in [1.807, 2.05) is 12.1 Å². The fourth-order valence-electron chi connectivity index (χ4n) is 4.03. The molecule has 2 aromatic carbocycles. The van der Waals surface area contributed by atoms with Gasteiger partial charge in [-0.25, -0.2) is 9.97 Å². The summed E-state index contributed by atoms with van der Waals surface area (Å²) in [6.45, 7) is 1.69. The number of benzene rings is 2. The molecule has 4 aromatic rings. The summed E-state index contributed by atoms with van der Waals surface area (Å²) in [5.74, 6) is 3.03. The van der Waals surface area contributed by atoms with Crippen LogP contribution >= 0.6 is 0 Å². The molecule has 0 aliphatic carbocycles. The number of imidazole rings is 1. The average molecular weight is 432 g/mol. The van der Waals surface area contributed by atoms with Crippen LogP contribution < -0.4 is 24.4 Å². The minimum absolute atomic E-state index is 0.530. The first-order valence-electron chi connectivity index (χ1n) is 10.3. The monoisotopic (exact) mass is 432 g/mol. The normalized spacial score (nSPS) is 13.0. The third-order valence-electron chi connectivity index (χ3n) is 5.63. The van der Waals surface area contributed by atoms with Crippen molar-refractivity contribution in [2.75, 3.05) is 38.1 Å². The SMILES string of the molecule is COc1cc(Nc2ncnc3nc(N4CCc5ccccc5C4)[nH]c23)cc(OC)c1OC. The number of rotatable bonds is 6. The van der Waals surface area contributed by atoms with Gasteiger partial charge in [-0.3, -0.25) is 0 Å². The lowest BCUT2D eigenvalue weighted by Crippen LogP contribution is -2.31. The van der Waals surface area contributed by atoms with Crippen LogP contribution in [0, 0.1) is 0 Å². The molecule has 0 radical (unpaired) electrons. The zero-order valence-corrected chi connectivity index (χ0v) is 18.2. The van der Waals surface area contributed by atoms with Crippen LogP contribution in [0.4, 0.5) is 17.5 Å². The molecule has 0 amide bonds. The highest BCUT2D eigenvalue weighted by molar-refractivity contribution is 5.87. The van der Waals surface area contributed by atoms with Gasteiger partial charge in [-0.2, -0.15) is 4.98 Å². The number of hydrogen-bond donors (Lipinski definition) is 2. The summed E-state index contributed by atoms with van der Waals surface area (Å²) in [7, 11) is 4.75. The van der Waals surface area contributed by atoms with Gasteiger partial charge in [0.15, 0.2) is 23.0 Å². The lowest BCUT2D eigenvalue weighted by atomic mass is 10.0. The molecule has 164 valence electrons. The van der Waals surface area contributed by atoms with E-state index in [4.69, 9.17) is 19.2 Å². The highest BCUT2D eigenvalue weighted by Crippen LogP contribution is 2.41. The van der Waals surface area contributed by atoms with Crippen molar-refractivity contribution in [2.24, 2.45) is 0 Å². The molecule has 0 fully saturated rings. The minimum Gasteiger partial charge on any atom is -0.493 e. The molecule has 0 atom stereocenters. The molecule has 32 heavy (non-hydrogen) atoms. The number of nitrogens with zero attached hydrogens (tertiary/aromatic N) is 4. The quantitative estimate of drug-likeness (QED) is 0.476. The highest BCUT2D eigenvalue weighted by Gasteiger charge is 2.21. The van der Waals surface area contributed by atoms with Gasteiger partial charge in [0.25, 0.3) is 0 Å². The lowest BCUT2D eigenvalue weighted by molar-refractivity contribution is 0.324. The zero-order valence-electron chi connectivity index (χ0n) is 18.2. The number of H-pyrrole nitrogens is 1.